The third kappa shape index (κ3) is 8.13. The largest absolute Gasteiger partial charge is 0.573 e. The maximum Gasteiger partial charge on any atom is 0.573 e. The summed E-state index contributed by atoms with van der Waals surface area (Å²) in [5.41, 5.74) is 1.60. The van der Waals surface area contributed by atoms with Crippen LogP contribution in [0, 0.1) is 0 Å². The van der Waals surface area contributed by atoms with Crippen molar-refractivity contribution in [1.82, 2.24) is 35.8 Å². The van der Waals surface area contributed by atoms with Crippen LogP contribution >= 0.6 is 0 Å². The summed E-state index contributed by atoms with van der Waals surface area (Å²) >= 11 is 0. The zero-order chi connectivity index (χ0) is 29.6. The number of amides is 2. The van der Waals surface area contributed by atoms with Crippen molar-refractivity contribution in [3.8, 4) is 5.75 Å². The van der Waals surface area contributed by atoms with Gasteiger partial charge in [0.1, 0.15) is 5.75 Å². The first kappa shape index (κ1) is 29.7. The van der Waals surface area contributed by atoms with Crippen LogP contribution in [0.1, 0.15) is 49.3 Å². The van der Waals surface area contributed by atoms with E-state index in [1.165, 1.54) is 25.2 Å². The Morgan fingerprint density at radius 3 is 2.61 bits per heavy atom. The number of aryl methyl sites for hydroxylation is 2. The smallest absolute Gasteiger partial charge is 0.406 e. The third-order valence-corrected chi connectivity index (χ3v) is 6.70. The Hall–Kier alpha value is -4.27. The third-order valence-electron chi connectivity index (χ3n) is 6.70. The summed E-state index contributed by atoms with van der Waals surface area (Å²) in [5, 5.41) is 24.7. The number of halogens is 3. The number of aromatic nitrogens is 5. The monoisotopic (exact) mass is 575 g/mol. The molecule has 3 heterocycles. The molecule has 41 heavy (non-hydrogen) atoms. The van der Waals surface area contributed by atoms with Gasteiger partial charge in [0, 0.05) is 43.9 Å². The van der Waals surface area contributed by atoms with Gasteiger partial charge in [-0.3, -0.25) is 19.6 Å². The van der Waals surface area contributed by atoms with Crippen molar-refractivity contribution in [2.45, 2.75) is 70.7 Å². The number of nitrogens with one attached hydrogen (secondary N) is 3. The van der Waals surface area contributed by atoms with Crippen molar-refractivity contribution in [1.29, 1.82) is 0 Å². The fourth-order valence-corrected chi connectivity index (χ4v) is 4.78. The summed E-state index contributed by atoms with van der Waals surface area (Å²) in [5.74, 6) is -0.517. The molecule has 15 heteroatoms. The molecule has 3 aromatic rings. The van der Waals surface area contributed by atoms with Gasteiger partial charge in [0.15, 0.2) is 11.5 Å². The van der Waals surface area contributed by atoms with E-state index in [2.05, 4.69) is 41.2 Å². The van der Waals surface area contributed by atoms with Crippen LogP contribution in [0.2, 0.25) is 0 Å². The second-order valence-electron chi connectivity index (χ2n) is 9.71. The van der Waals surface area contributed by atoms with E-state index in [4.69, 9.17) is 0 Å². The SMILES string of the molecule is CNC(=O)c1cn(CCCCc2ccc(NC(=O)CC3NC(C)N(c4cccc(OC(F)(F)F)c4)C3C)nn2)nn1. The molecule has 12 nitrogen and oxygen atoms in total. The summed E-state index contributed by atoms with van der Waals surface area (Å²) in [4.78, 5) is 26.2. The molecule has 1 aromatic carbocycles. The maximum absolute atomic E-state index is 12.7. The molecule has 0 bridgehead atoms. The molecule has 0 spiro atoms. The summed E-state index contributed by atoms with van der Waals surface area (Å²) in [6.45, 7) is 4.40. The van der Waals surface area contributed by atoms with Crippen molar-refractivity contribution in [2.75, 3.05) is 17.3 Å². The van der Waals surface area contributed by atoms with Crippen LogP contribution in [0.4, 0.5) is 24.7 Å². The first-order valence-electron chi connectivity index (χ1n) is 13.2. The second kappa shape index (κ2) is 12.9. The number of hydrogen-bond acceptors (Lipinski definition) is 9. The number of unbranched alkanes of at least 4 members (excludes halogenated alkanes) is 1. The average molecular weight is 576 g/mol. The van der Waals surface area contributed by atoms with Crippen LogP contribution in [-0.4, -0.2) is 68.7 Å². The molecule has 3 atom stereocenters. The summed E-state index contributed by atoms with van der Waals surface area (Å²) in [6, 6.07) is 8.85. The first-order chi connectivity index (χ1) is 19.5. The molecule has 1 fully saturated rings. The van der Waals surface area contributed by atoms with Gasteiger partial charge in [0.05, 0.1) is 18.1 Å². The molecular formula is C26H32F3N9O3. The molecule has 2 amide bonds. The summed E-state index contributed by atoms with van der Waals surface area (Å²) in [6.07, 6.45) is -0.954. The average Bonchev–Trinajstić information content (AvgIpc) is 3.50. The Bertz CT molecular complexity index is 1330. The molecule has 0 aliphatic carbocycles. The number of hydrogen-bond donors (Lipinski definition) is 3. The highest BCUT2D eigenvalue weighted by Gasteiger charge is 2.37. The molecule has 1 aliphatic heterocycles. The topological polar surface area (TPSA) is 139 Å². The normalized spacial score (nSPS) is 18.8. The van der Waals surface area contributed by atoms with Gasteiger partial charge in [-0.1, -0.05) is 11.3 Å². The predicted octanol–water partition coefficient (Wildman–Crippen LogP) is 2.89. The van der Waals surface area contributed by atoms with Gasteiger partial charge in [-0.05, 0) is 57.4 Å². The minimum Gasteiger partial charge on any atom is -0.406 e. The zero-order valence-electron chi connectivity index (χ0n) is 22.9. The number of alkyl halides is 3. The van der Waals surface area contributed by atoms with Gasteiger partial charge in [0.25, 0.3) is 5.91 Å². The van der Waals surface area contributed by atoms with E-state index >= 15 is 0 Å². The lowest BCUT2D eigenvalue weighted by Gasteiger charge is -2.29. The Kier molecular flexibility index (Phi) is 9.37. The number of carbonyl (C=O) groups is 2. The highest BCUT2D eigenvalue weighted by molar-refractivity contribution is 5.91. The minimum atomic E-state index is -4.78. The summed E-state index contributed by atoms with van der Waals surface area (Å²) < 4.78 is 43.6. The van der Waals surface area contributed by atoms with Crippen molar-refractivity contribution in [2.24, 2.45) is 0 Å². The van der Waals surface area contributed by atoms with E-state index in [9.17, 15) is 22.8 Å². The molecular weight excluding hydrogens is 543 g/mol. The fraction of sp³-hybridized carbons (Fsp3) is 0.462. The molecule has 2 aromatic heterocycles. The lowest BCUT2D eigenvalue weighted by molar-refractivity contribution is -0.274. The van der Waals surface area contributed by atoms with Gasteiger partial charge >= 0.3 is 6.36 Å². The van der Waals surface area contributed by atoms with E-state index in [1.807, 2.05) is 18.7 Å². The molecule has 1 saturated heterocycles. The van der Waals surface area contributed by atoms with Crippen LogP contribution in [-0.2, 0) is 17.8 Å². The van der Waals surface area contributed by atoms with Crippen molar-refractivity contribution in [3.05, 3.63) is 54.0 Å². The Balaban J connectivity index is 1.23. The molecule has 3 N–H and O–H groups in total. The fourth-order valence-electron chi connectivity index (χ4n) is 4.78. The van der Waals surface area contributed by atoms with Crippen molar-refractivity contribution < 1.29 is 27.5 Å². The van der Waals surface area contributed by atoms with Crippen LogP contribution in [0.15, 0.2) is 42.6 Å². The molecule has 1 aliphatic rings. The number of anilines is 2. The van der Waals surface area contributed by atoms with Gasteiger partial charge in [-0.25, -0.2) is 0 Å². The predicted molar refractivity (Wildman–Crippen MR) is 143 cm³/mol. The lowest BCUT2D eigenvalue weighted by atomic mass is 10.1. The van der Waals surface area contributed by atoms with E-state index in [1.54, 1.807) is 29.1 Å². The minimum absolute atomic E-state index is 0.133. The van der Waals surface area contributed by atoms with Crippen LogP contribution in [0.5, 0.6) is 5.75 Å². The number of carbonyl (C=O) groups excluding carboxylic acids is 2. The highest BCUT2D eigenvalue weighted by atomic mass is 19.4. The number of ether oxygens (including phenoxy) is 1. The Labute approximate surface area is 234 Å². The van der Waals surface area contributed by atoms with Crippen molar-refractivity contribution in [3.63, 3.8) is 0 Å². The van der Waals surface area contributed by atoms with E-state index in [0.717, 1.165) is 18.5 Å². The highest BCUT2D eigenvalue weighted by Crippen LogP contribution is 2.31. The Morgan fingerprint density at radius 1 is 1.10 bits per heavy atom. The van der Waals surface area contributed by atoms with E-state index < -0.39 is 6.36 Å². The molecule has 3 unspecified atom stereocenters. The van der Waals surface area contributed by atoms with E-state index in [-0.39, 0.29) is 47.9 Å². The second-order valence-corrected chi connectivity index (χ2v) is 9.71. The number of nitrogens with zero attached hydrogens (tertiary/aromatic N) is 6. The zero-order valence-corrected chi connectivity index (χ0v) is 22.9. The van der Waals surface area contributed by atoms with Gasteiger partial charge in [-0.2, -0.15) is 5.10 Å². The first-order valence-corrected chi connectivity index (χ1v) is 13.2. The standard InChI is InChI=1S/C26H32F3N9O3/c1-16-21(31-17(2)38(16)19-8-6-9-20(13-19)41-26(27,28)29)14-24(39)32-23-11-10-18(33-35-23)7-4-5-12-37-15-22(34-36-37)25(40)30-3/h6,8-11,13,15-17,21,31H,4-5,7,12,14H2,1-3H3,(H,30,40)(H,32,35,39). The van der Waals surface area contributed by atoms with Gasteiger partial charge < -0.3 is 20.3 Å². The van der Waals surface area contributed by atoms with Crippen LogP contribution in [0.3, 0.4) is 0 Å². The number of benzene rings is 1. The number of rotatable bonds is 11. The summed E-state index contributed by atoms with van der Waals surface area (Å²) in [7, 11) is 1.53. The van der Waals surface area contributed by atoms with Gasteiger partial charge in [-0.15, -0.1) is 23.4 Å². The van der Waals surface area contributed by atoms with Crippen molar-refractivity contribution >= 4 is 23.3 Å². The maximum atomic E-state index is 12.7. The lowest BCUT2D eigenvalue weighted by Crippen LogP contribution is -2.36. The van der Waals surface area contributed by atoms with Gasteiger partial charge in [0.2, 0.25) is 5.91 Å². The van der Waals surface area contributed by atoms with Crippen LogP contribution < -0.4 is 25.6 Å². The molecule has 220 valence electrons. The van der Waals surface area contributed by atoms with Crippen LogP contribution in [0.25, 0.3) is 0 Å². The molecule has 0 radical (unpaired) electrons. The van der Waals surface area contributed by atoms with E-state index in [0.29, 0.717) is 24.5 Å². The molecule has 4 rings (SSSR count). The quantitative estimate of drug-likeness (QED) is 0.295. The Morgan fingerprint density at radius 2 is 1.90 bits per heavy atom. The molecule has 0 saturated carbocycles.